The quantitative estimate of drug-likeness (QED) is 0.945. The standard InChI is InChI=1S/C12H14BrN3S/c1-7-9(6-14-3)8(2)16-12(15-7)10-4-5-11(13)17-10/h4-5,14H,6H2,1-3H3. The van der Waals surface area contributed by atoms with Gasteiger partial charge in [-0.15, -0.1) is 11.3 Å². The Labute approximate surface area is 113 Å². The molecule has 0 bridgehead atoms. The van der Waals surface area contributed by atoms with Crippen molar-refractivity contribution in [3.8, 4) is 10.7 Å². The van der Waals surface area contributed by atoms with Crippen LogP contribution in [0, 0.1) is 13.8 Å². The summed E-state index contributed by atoms with van der Waals surface area (Å²) in [7, 11) is 1.93. The van der Waals surface area contributed by atoms with E-state index in [1.54, 1.807) is 11.3 Å². The van der Waals surface area contributed by atoms with Crippen LogP contribution in [0.3, 0.4) is 0 Å². The van der Waals surface area contributed by atoms with Gasteiger partial charge in [-0.25, -0.2) is 9.97 Å². The van der Waals surface area contributed by atoms with Crippen LogP contribution in [0.15, 0.2) is 15.9 Å². The highest BCUT2D eigenvalue weighted by atomic mass is 79.9. The number of halogens is 1. The fraction of sp³-hybridized carbons (Fsp3) is 0.333. The summed E-state index contributed by atoms with van der Waals surface area (Å²) in [5.41, 5.74) is 3.28. The van der Waals surface area contributed by atoms with Gasteiger partial charge >= 0.3 is 0 Å². The van der Waals surface area contributed by atoms with Gasteiger partial charge in [0.15, 0.2) is 5.82 Å². The molecule has 2 rings (SSSR count). The molecule has 0 aliphatic heterocycles. The predicted molar refractivity (Wildman–Crippen MR) is 75.3 cm³/mol. The zero-order valence-corrected chi connectivity index (χ0v) is 12.4. The molecule has 0 aliphatic rings. The van der Waals surface area contributed by atoms with Crippen molar-refractivity contribution in [1.29, 1.82) is 0 Å². The van der Waals surface area contributed by atoms with Gasteiger partial charge in [0, 0.05) is 23.5 Å². The van der Waals surface area contributed by atoms with Crippen molar-refractivity contribution in [2.75, 3.05) is 7.05 Å². The summed E-state index contributed by atoms with van der Waals surface area (Å²) in [4.78, 5) is 10.2. The number of hydrogen-bond acceptors (Lipinski definition) is 4. The minimum absolute atomic E-state index is 0.812. The van der Waals surface area contributed by atoms with Crippen molar-refractivity contribution in [3.63, 3.8) is 0 Å². The predicted octanol–water partition coefficient (Wildman–Crippen LogP) is 3.30. The average Bonchev–Trinajstić information content (AvgIpc) is 2.70. The molecule has 2 aromatic rings. The van der Waals surface area contributed by atoms with Crippen LogP contribution in [0.25, 0.3) is 10.7 Å². The maximum Gasteiger partial charge on any atom is 0.169 e. The fourth-order valence-corrected chi connectivity index (χ4v) is 3.04. The smallest absolute Gasteiger partial charge is 0.169 e. The molecule has 2 heterocycles. The highest BCUT2D eigenvalue weighted by molar-refractivity contribution is 9.11. The second-order valence-electron chi connectivity index (χ2n) is 3.83. The monoisotopic (exact) mass is 311 g/mol. The van der Waals surface area contributed by atoms with Crippen LogP contribution in [-0.4, -0.2) is 17.0 Å². The Morgan fingerprint density at radius 2 is 1.88 bits per heavy atom. The van der Waals surface area contributed by atoms with Gasteiger partial charge in [-0.3, -0.25) is 0 Å². The molecular weight excluding hydrogens is 298 g/mol. The van der Waals surface area contributed by atoms with Gasteiger partial charge in [-0.2, -0.15) is 0 Å². The molecule has 0 radical (unpaired) electrons. The van der Waals surface area contributed by atoms with Crippen LogP contribution in [0.4, 0.5) is 0 Å². The molecular formula is C12H14BrN3S. The summed E-state index contributed by atoms with van der Waals surface area (Å²) in [5, 5.41) is 3.14. The molecule has 0 unspecified atom stereocenters. The Balaban J connectivity index is 2.45. The lowest BCUT2D eigenvalue weighted by molar-refractivity contribution is 0.787. The van der Waals surface area contributed by atoms with E-state index in [0.29, 0.717) is 0 Å². The molecule has 0 atom stereocenters. The van der Waals surface area contributed by atoms with Crippen molar-refractivity contribution in [2.45, 2.75) is 20.4 Å². The van der Waals surface area contributed by atoms with E-state index >= 15 is 0 Å². The Hall–Kier alpha value is -0.780. The van der Waals surface area contributed by atoms with Crippen molar-refractivity contribution in [3.05, 3.63) is 32.9 Å². The third-order valence-corrected chi connectivity index (χ3v) is 4.19. The zero-order chi connectivity index (χ0) is 12.4. The summed E-state index contributed by atoms with van der Waals surface area (Å²) >= 11 is 5.11. The van der Waals surface area contributed by atoms with E-state index in [1.807, 2.05) is 33.0 Å². The Morgan fingerprint density at radius 1 is 1.24 bits per heavy atom. The van der Waals surface area contributed by atoms with Crippen LogP contribution in [-0.2, 0) is 6.54 Å². The van der Waals surface area contributed by atoms with E-state index in [4.69, 9.17) is 0 Å². The van der Waals surface area contributed by atoms with Crippen molar-refractivity contribution < 1.29 is 0 Å². The van der Waals surface area contributed by atoms with Crippen LogP contribution in [0.1, 0.15) is 17.0 Å². The van der Waals surface area contributed by atoms with Gasteiger partial charge in [-0.05, 0) is 49.0 Å². The van der Waals surface area contributed by atoms with Gasteiger partial charge in [0.05, 0.1) is 8.66 Å². The second-order valence-corrected chi connectivity index (χ2v) is 6.29. The third-order valence-electron chi connectivity index (χ3n) is 2.57. The molecule has 0 saturated carbocycles. The van der Waals surface area contributed by atoms with Crippen molar-refractivity contribution in [2.24, 2.45) is 0 Å². The highest BCUT2D eigenvalue weighted by Crippen LogP contribution is 2.29. The minimum Gasteiger partial charge on any atom is -0.316 e. The number of nitrogens with one attached hydrogen (secondary N) is 1. The molecule has 0 spiro atoms. The van der Waals surface area contributed by atoms with Gasteiger partial charge in [0.1, 0.15) is 0 Å². The Bertz CT molecular complexity index is 513. The molecule has 0 amide bonds. The number of thiophene rings is 1. The number of aromatic nitrogens is 2. The summed E-state index contributed by atoms with van der Waals surface area (Å²) in [6, 6.07) is 4.07. The van der Waals surface area contributed by atoms with Crippen molar-refractivity contribution >= 4 is 27.3 Å². The summed E-state index contributed by atoms with van der Waals surface area (Å²) in [6.45, 7) is 4.88. The summed E-state index contributed by atoms with van der Waals surface area (Å²) < 4.78 is 1.10. The molecule has 90 valence electrons. The minimum atomic E-state index is 0.812. The van der Waals surface area contributed by atoms with E-state index in [2.05, 4.69) is 31.2 Å². The van der Waals surface area contributed by atoms with Crippen LogP contribution >= 0.6 is 27.3 Å². The van der Waals surface area contributed by atoms with E-state index in [0.717, 1.165) is 32.4 Å². The fourth-order valence-electron chi connectivity index (χ4n) is 1.72. The van der Waals surface area contributed by atoms with Crippen LogP contribution < -0.4 is 5.32 Å². The first-order valence-corrected chi connectivity index (χ1v) is 6.97. The number of nitrogens with zero attached hydrogens (tertiary/aromatic N) is 2. The number of hydrogen-bond donors (Lipinski definition) is 1. The van der Waals surface area contributed by atoms with Gasteiger partial charge in [-0.1, -0.05) is 0 Å². The lowest BCUT2D eigenvalue weighted by Gasteiger charge is -2.09. The molecule has 0 aromatic carbocycles. The first kappa shape index (κ1) is 12.7. The molecule has 5 heteroatoms. The molecule has 0 aliphatic carbocycles. The largest absolute Gasteiger partial charge is 0.316 e. The molecule has 3 nitrogen and oxygen atoms in total. The molecule has 17 heavy (non-hydrogen) atoms. The lowest BCUT2D eigenvalue weighted by Crippen LogP contribution is -2.11. The first-order valence-electron chi connectivity index (χ1n) is 5.36. The molecule has 1 N–H and O–H groups in total. The average molecular weight is 312 g/mol. The van der Waals surface area contributed by atoms with E-state index in [-0.39, 0.29) is 0 Å². The van der Waals surface area contributed by atoms with Crippen LogP contribution in [0.5, 0.6) is 0 Å². The first-order chi connectivity index (χ1) is 8.11. The normalized spacial score (nSPS) is 10.8. The number of rotatable bonds is 3. The third kappa shape index (κ3) is 2.73. The molecule has 0 fully saturated rings. The lowest BCUT2D eigenvalue weighted by atomic mass is 10.1. The summed E-state index contributed by atoms with van der Waals surface area (Å²) in [6.07, 6.45) is 0. The Kier molecular flexibility index (Phi) is 3.91. The maximum absolute atomic E-state index is 4.57. The molecule has 2 aromatic heterocycles. The van der Waals surface area contributed by atoms with Gasteiger partial charge < -0.3 is 5.32 Å². The maximum atomic E-state index is 4.57. The van der Waals surface area contributed by atoms with E-state index < -0.39 is 0 Å². The van der Waals surface area contributed by atoms with E-state index in [9.17, 15) is 0 Å². The SMILES string of the molecule is CNCc1c(C)nc(-c2ccc(Br)s2)nc1C. The highest BCUT2D eigenvalue weighted by Gasteiger charge is 2.10. The Morgan fingerprint density at radius 3 is 2.35 bits per heavy atom. The van der Waals surface area contributed by atoms with Crippen molar-refractivity contribution in [1.82, 2.24) is 15.3 Å². The van der Waals surface area contributed by atoms with Gasteiger partial charge in [0.25, 0.3) is 0 Å². The van der Waals surface area contributed by atoms with E-state index in [1.165, 1.54) is 5.56 Å². The van der Waals surface area contributed by atoms with Crippen LogP contribution in [0.2, 0.25) is 0 Å². The number of aryl methyl sites for hydroxylation is 2. The molecule has 0 saturated heterocycles. The second kappa shape index (κ2) is 5.25. The topological polar surface area (TPSA) is 37.8 Å². The van der Waals surface area contributed by atoms with Gasteiger partial charge in [0.2, 0.25) is 0 Å². The zero-order valence-electron chi connectivity index (χ0n) is 10.0. The summed E-state index contributed by atoms with van der Waals surface area (Å²) in [5.74, 6) is 0.815.